The Kier molecular flexibility index (Phi) is 6.33. The van der Waals surface area contributed by atoms with Gasteiger partial charge in [-0.3, -0.25) is 4.79 Å². The second-order valence-corrected chi connectivity index (χ2v) is 9.60. The molecular weight excluding hydrogens is 424 g/mol. The van der Waals surface area contributed by atoms with Crippen molar-refractivity contribution in [2.75, 3.05) is 5.75 Å². The first-order valence-electron chi connectivity index (χ1n) is 9.43. The van der Waals surface area contributed by atoms with Gasteiger partial charge in [0, 0.05) is 12.6 Å². The van der Waals surface area contributed by atoms with E-state index in [9.17, 15) is 13.2 Å². The number of halogens is 1. The number of nitrogens with zero attached hydrogens (tertiary/aromatic N) is 2. The molecule has 3 aromatic rings. The van der Waals surface area contributed by atoms with Gasteiger partial charge in [-0.25, -0.2) is 13.1 Å². The van der Waals surface area contributed by atoms with Gasteiger partial charge in [-0.05, 0) is 36.6 Å². The minimum absolute atomic E-state index is 0.0433. The second-order valence-electron chi connectivity index (χ2n) is 7.00. The van der Waals surface area contributed by atoms with Crippen LogP contribution >= 0.6 is 11.6 Å². The fourth-order valence-corrected chi connectivity index (χ4v) is 5.05. The highest BCUT2D eigenvalue weighted by molar-refractivity contribution is 7.91. The quantitative estimate of drug-likeness (QED) is 0.506. The Morgan fingerprint density at radius 2 is 1.83 bits per heavy atom. The van der Waals surface area contributed by atoms with E-state index < -0.39 is 9.84 Å². The molecule has 0 saturated heterocycles. The Morgan fingerprint density at radius 1 is 1.17 bits per heavy atom. The molecule has 0 amide bonds. The average molecular weight is 447 g/mol. The maximum atomic E-state index is 13.3. The molecule has 0 aliphatic rings. The number of hydrogen-bond donors (Lipinski definition) is 0. The van der Waals surface area contributed by atoms with Crippen molar-refractivity contribution in [2.24, 2.45) is 7.05 Å². The number of aromatic nitrogens is 2. The maximum absolute atomic E-state index is 13.3. The Labute approximate surface area is 181 Å². The van der Waals surface area contributed by atoms with Crippen LogP contribution in [0.25, 0.3) is 0 Å². The van der Waals surface area contributed by atoms with Crippen molar-refractivity contribution in [3.8, 4) is 5.88 Å². The van der Waals surface area contributed by atoms with Gasteiger partial charge in [-0.15, -0.1) is 0 Å². The lowest BCUT2D eigenvalue weighted by Gasteiger charge is -2.15. The van der Waals surface area contributed by atoms with Gasteiger partial charge in [0.2, 0.25) is 11.7 Å². The largest absolute Gasteiger partial charge is 0.472 e. The highest BCUT2D eigenvalue weighted by atomic mass is 35.5. The zero-order valence-corrected chi connectivity index (χ0v) is 18.8. The predicted molar refractivity (Wildman–Crippen MR) is 116 cm³/mol. The smallest absolute Gasteiger partial charge is 0.223 e. The number of sulfone groups is 1. The molecule has 2 aromatic carbocycles. The summed E-state index contributed by atoms with van der Waals surface area (Å²) in [6, 6.07) is 11.1. The molecule has 158 valence electrons. The van der Waals surface area contributed by atoms with Gasteiger partial charge in [0.1, 0.15) is 12.2 Å². The number of ether oxygens (including phenoxy) is 1. The van der Waals surface area contributed by atoms with Crippen LogP contribution in [-0.2, 0) is 23.5 Å². The number of aryl methyl sites for hydroxylation is 2. The van der Waals surface area contributed by atoms with Gasteiger partial charge in [-0.1, -0.05) is 48.9 Å². The van der Waals surface area contributed by atoms with Gasteiger partial charge >= 0.3 is 0 Å². The van der Waals surface area contributed by atoms with Crippen molar-refractivity contribution in [3.63, 3.8) is 0 Å². The van der Waals surface area contributed by atoms with E-state index in [1.807, 2.05) is 30.3 Å². The van der Waals surface area contributed by atoms with Gasteiger partial charge in [-0.2, -0.15) is 5.10 Å². The second kappa shape index (κ2) is 8.62. The van der Waals surface area contributed by atoms with Gasteiger partial charge in [0.25, 0.3) is 0 Å². The van der Waals surface area contributed by atoms with Crippen molar-refractivity contribution in [1.29, 1.82) is 0 Å². The molecule has 0 unspecified atom stereocenters. The number of rotatable bonds is 7. The summed E-state index contributed by atoms with van der Waals surface area (Å²) in [6.07, 6.45) is 1.43. The molecule has 6 nitrogen and oxygen atoms in total. The molecule has 30 heavy (non-hydrogen) atoms. The Bertz CT molecular complexity index is 1200. The number of carbonyl (C=O) groups excluding carboxylic acids is 1. The van der Waals surface area contributed by atoms with Crippen LogP contribution in [0.1, 0.15) is 39.5 Å². The van der Waals surface area contributed by atoms with Gasteiger partial charge in [0.15, 0.2) is 9.84 Å². The highest BCUT2D eigenvalue weighted by Gasteiger charge is 2.27. The lowest BCUT2D eigenvalue weighted by atomic mass is 10.0. The molecule has 8 heteroatoms. The number of benzene rings is 2. The molecule has 3 rings (SSSR count). The van der Waals surface area contributed by atoms with Crippen LogP contribution in [0.4, 0.5) is 0 Å². The molecule has 0 atom stereocenters. The summed E-state index contributed by atoms with van der Waals surface area (Å²) < 4.78 is 32.3. The Morgan fingerprint density at radius 3 is 2.47 bits per heavy atom. The summed E-state index contributed by atoms with van der Waals surface area (Å²) in [5.74, 6) is -0.0958. The summed E-state index contributed by atoms with van der Waals surface area (Å²) in [6.45, 7) is 5.14. The fourth-order valence-electron chi connectivity index (χ4n) is 3.36. The molecule has 0 N–H and O–H groups in total. The third-order valence-electron chi connectivity index (χ3n) is 4.91. The highest BCUT2D eigenvalue weighted by Crippen LogP contribution is 2.33. The molecule has 1 heterocycles. The van der Waals surface area contributed by atoms with Crippen LogP contribution in [-0.4, -0.2) is 29.7 Å². The topological polar surface area (TPSA) is 78.3 Å². The normalized spacial score (nSPS) is 11.5. The number of carbonyl (C=O) groups is 1. The molecule has 1 aromatic heterocycles. The predicted octanol–water partition coefficient (Wildman–Crippen LogP) is 4.29. The van der Waals surface area contributed by atoms with E-state index in [0.29, 0.717) is 17.0 Å². The van der Waals surface area contributed by atoms with Crippen LogP contribution in [0, 0.1) is 13.8 Å². The molecule has 0 spiro atoms. The maximum Gasteiger partial charge on any atom is 0.223 e. The average Bonchev–Trinajstić information content (AvgIpc) is 3.09. The van der Waals surface area contributed by atoms with E-state index in [4.69, 9.17) is 16.3 Å². The Hall–Kier alpha value is -2.64. The van der Waals surface area contributed by atoms with E-state index >= 15 is 0 Å². The first kappa shape index (κ1) is 22.1. The summed E-state index contributed by atoms with van der Waals surface area (Å²) in [4.78, 5) is 13.5. The zero-order chi connectivity index (χ0) is 22.1. The molecule has 0 radical (unpaired) electrons. The summed E-state index contributed by atoms with van der Waals surface area (Å²) in [5, 5.41) is 4.27. The van der Waals surface area contributed by atoms with E-state index in [-0.39, 0.29) is 39.2 Å². The minimum Gasteiger partial charge on any atom is -0.472 e. The van der Waals surface area contributed by atoms with Crippen molar-refractivity contribution in [3.05, 3.63) is 75.4 Å². The van der Waals surface area contributed by atoms with Crippen LogP contribution in [0.5, 0.6) is 5.88 Å². The van der Waals surface area contributed by atoms with Gasteiger partial charge in [0.05, 0.1) is 21.9 Å². The van der Waals surface area contributed by atoms with Crippen LogP contribution in [0.15, 0.2) is 47.5 Å². The molecule has 0 fully saturated rings. The lowest BCUT2D eigenvalue weighted by molar-refractivity contribution is 0.103. The summed E-state index contributed by atoms with van der Waals surface area (Å²) >= 11 is 6.46. The van der Waals surface area contributed by atoms with E-state index in [1.54, 1.807) is 27.8 Å². The fraction of sp³-hybridized carbons (Fsp3) is 0.273. The SMILES string of the molecule is CCS(=O)(=O)c1c(C)cc(C(=O)c2cnn(C)c2OCc2ccccc2)c(Cl)c1C. The molecule has 0 bridgehead atoms. The lowest BCUT2D eigenvalue weighted by Crippen LogP contribution is -2.12. The first-order chi connectivity index (χ1) is 14.2. The van der Waals surface area contributed by atoms with Crippen LogP contribution in [0.3, 0.4) is 0 Å². The molecular formula is C22H23ClN2O4S. The first-order valence-corrected chi connectivity index (χ1v) is 11.5. The third kappa shape index (κ3) is 4.13. The molecule has 0 aliphatic heterocycles. The van der Waals surface area contributed by atoms with E-state index in [0.717, 1.165) is 5.56 Å². The van der Waals surface area contributed by atoms with Gasteiger partial charge < -0.3 is 4.74 Å². The molecule has 0 saturated carbocycles. The van der Waals surface area contributed by atoms with Crippen molar-refractivity contribution < 1.29 is 17.9 Å². The zero-order valence-electron chi connectivity index (χ0n) is 17.3. The standard InChI is InChI=1S/C22H23ClN2O4S/c1-5-30(27,28)21-14(2)11-17(19(23)15(21)3)20(26)18-12-24-25(4)22(18)29-13-16-9-7-6-8-10-16/h6-12H,5,13H2,1-4H3. The third-order valence-corrected chi connectivity index (χ3v) is 7.41. The van der Waals surface area contributed by atoms with Crippen LogP contribution in [0.2, 0.25) is 5.02 Å². The van der Waals surface area contributed by atoms with Crippen molar-refractivity contribution >= 4 is 27.2 Å². The Balaban J connectivity index is 2.00. The number of hydrogen-bond acceptors (Lipinski definition) is 5. The number of ketones is 1. The van der Waals surface area contributed by atoms with E-state index in [2.05, 4.69) is 5.10 Å². The summed E-state index contributed by atoms with van der Waals surface area (Å²) in [7, 11) is -1.78. The monoisotopic (exact) mass is 446 g/mol. The van der Waals surface area contributed by atoms with Crippen molar-refractivity contribution in [1.82, 2.24) is 9.78 Å². The van der Waals surface area contributed by atoms with E-state index in [1.165, 1.54) is 16.9 Å². The van der Waals surface area contributed by atoms with Crippen molar-refractivity contribution in [2.45, 2.75) is 32.3 Å². The van der Waals surface area contributed by atoms with Crippen LogP contribution < -0.4 is 4.74 Å². The molecule has 0 aliphatic carbocycles. The minimum atomic E-state index is -3.47. The summed E-state index contributed by atoms with van der Waals surface area (Å²) in [5.41, 5.74) is 2.30.